The van der Waals surface area contributed by atoms with Crippen molar-refractivity contribution in [3.63, 3.8) is 0 Å². The first kappa shape index (κ1) is 30.5. The van der Waals surface area contributed by atoms with Crippen LogP contribution >= 0.6 is 45.8 Å². The van der Waals surface area contributed by atoms with E-state index in [1.807, 2.05) is 22.6 Å². The summed E-state index contributed by atoms with van der Waals surface area (Å²) in [5.41, 5.74) is 1.60. The molecule has 4 N–H and O–H groups in total. The summed E-state index contributed by atoms with van der Waals surface area (Å²) in [6.07, 6.45) is -0.673. The summed E-state index contributed by atoms with van der Waals surface area (Å²) in [7, 11) is 1.46. The van der Waals surface area contributed by atoms with Gasteiger partial charge in [-0.05, 0) is 64.1 Å². The molecule has 0 saturated heterocycles. The van der Waals surface area contributed by atoms with Gasteiger partial charge in [0.2, 0.25) is 11.8 Å². The van der Waals surface area contributed by atoms with Gasteiger partial charge in [-0.1, -0.05) is 29.3 Å². The van der Waals surface area contributed by atoms with Gasteiger partial charge in [0, 0.05) is 32.0 Å². The number of rotatable bonds is 10. The van der Waals surface area contributed by atoms with Crippen LogP contribution in [0.15, 0.2) is 42.0 Å². The zero-order valence-corrected chi connectivity index (χ0v) is 24.5. The van der Waals surface area contributed by atoms with Crippen molar-refractivity contribution in [3.8, 4) is 11.5 Å². The van der Waals surface area contributed by atoms with E-state index in [1.54, 1.807) is 30.3 Å². The number of aliphatic hydroxyl groups excluding tert-OH is 3. The SMILES string of the molecule is COc1cc(CO)cc(I)c1O[C@H]1C=C(C(=O)NCCO)C[C@@H](N(Cc2ccc(Cl)c(Cl)c2)C(C)=O)[C@@H]1O. The van der Waals surface area contributed by atoms with Crippen LogP contribution < -0.4 is 14.8 Å². The molecule has 0 saturated carbocycles. The highest BCUT2D eigenvalue weighted by Gasteiger charge is 2.40. The van der Waals surface area contributed by atoms with E-state index in [2.05, 4.69) is 5.32 Å². The molecule has 1 aliphatic carbocycles. The zero-order valence-electron chi connectivity index (χ0n) is 20.8. The fourth-order valence-corrected chi connectivity index (χ4v) is 5.30. The molecule has 0 fully saturated rings. The Morgan fingerprint density at radius 3 is 2.50 bits per heavy atom. The van der Waals surface area contributed by atoms with Crippen LogP contribution in [0.1, 0.15) is 24.5 Å². The second kappa shape index (κ2) is 13.8. The molecule has 3 atom stereocenters. The predicted octanol–water partition coefficient (Wildman–Crippen LogP) is 3.06. The van der Waals surface area contributed by atoms with E-state index in [4.69, 9.17) is 37.8 Å². The second-order valence-electron chi connectivity index (χ2n) is 8.68. The first-order chi connectivity index (χ1) is 18.1. The van der Waals surface area contributed by atoms with E-state index in [0.29, 0.717) is 41.8 Å². The molecule has 9 nitrogen and oxygen atoms in total. The summed E-state index contributed by atoms with van der Waals surface area (Å²) in [6, 6.07) is 7.51. The Morgan fingerprint density at radius 1 is 1.16 bits per heavy atom. The Bertz CT molecular complexity index is 1210. The van der Waals surface area contributed by atoms with Crippen LogP contribution in [0.3, 0.4) is 0 Å². The van der Waals surface area contributed by atoms with Crippen molar-refractivity contribution in [2.24, 2.45) is 0 Å². The summed E-state index contributed by atoms with van der Waals surface area (Å²) in [5, 5.41) is 33.5. The summed E-state index contributed by atoms with van der Waals surface area (Å²) in [5.74, 6) is -0.107. The minimum Gasteiger partial charge on any atom is -0.493 e. The van der Waals surface area contributed by atoms with Crippen LogP contribution in [0.25, 0.3) is 0 Å². The van der Waals surface area contributed by atoms with Gasteiger partial charge in [0.1, 0.15) is 12.2 Å². The lowest BCUT2D eigenvalue weighted by Crippen LogP contribution is -2.54. The second-order valence-corrected chi connectivity index (χ2v) is 10.7. The molecule has 38 heavy (non-hydrogen) atoms. The van der Waals surface area contributed by atoms with Gasteiger partial charge in [-0.25, -0.2) is 0 Å². The third-order valence-corrected chi connectivity index (χ3v) is 7.62. The molecule has 2 aromatic carbocycles. The Morgan fingerprint density at radius 2 is 1.89 bits per heavy atom. The lowest BCUT2D eigenvalue weighted by Gasteiger charge is -2.40. The molecule has 0 spiro atoms. The van der Waals surface area contributed by atoms with Crippen LogP contribution in [0.5, 0.6) is 11.5 Å². The van der Waals surface area contributed by atoms with Gasteiger partial charge in [0.25, 0.3) is 0 Å². The van der Waals surface area contributed by atoms with Crippen molar-refractivity contribution in [3.05, 3.63) is 66.7 Å². The van der Waals surface area contributed by atoms with E-state index in [-0.39, 0.29) is 38.6 Å². The molecule has 206 valence electrons. The maximum atomic E-state index is 12.9. The molecule has 0 heterocycles. The van der Waals surface area contributed by atoms with E-state index < -0.39 is 24.2 Å². The van der Waals surface area contributed by atoms with Crippen molar-refractivity contribution >= 4 is 57.6 Å². The molecule has 1 aliphatic rings. The molecule has 3 rings (SSSR count). The largest absolute Gasteiger partial charge is 0.493 e. The quantitative estimate of drug-likeness (QED) is 0.285. The molecular weight excluding hydrogens is 650 g/mol. The number of methoxy groups -OCH3 is 1. The van der Waals surface area contributed by atoms with Crippen molar-refractivity contribution in [1.29, 1.82) is 0 Å². The normalized spacial score (nSPS) is 18.9. The Hall–Kier alpha value is -2.09. The number of benzene rings is 2. The number of ether oxygens (including phenoxy) is 2. The number of amides is 2. The van der Waals surface area contributed by atoms with Crippen molar-refractivity contribution in [1.82, 2.24) is 10.2 Å². The fraction of sp³-hybridized carbons (Fsp3) is 0.385. The van der Waals surface area contributed by atoms with E-state index in [1.165, 1.54) is 25.0 Å². The first-order valence-corrected chi connectivity index (χ1v) is 13.6. The molecular formula is C26H29Cl2IN2O7. The predicted molar refractivity (Wildman–Crippen MR) is 151 cm³/mol. The van der Waals surface area contributed by atoms with Gasteiger partial charge in [-0.15, -0.1) is 0 Å². The Labute approximate surface area is 244 Å². The van der Waals surface area contributed by atoms with Gasteiger partial charge < -0.3 is 35.0 Å². The lowest BCUT2D eigenvalue weighted by atomic mass is 9.88. The van der Waals surface area contributed by atoms with Crippen molar-refractivity contribution in [2.75, 3.05) is 20.3 Å². The molecule has 0 aromatic heterocycles. The number of aliphatic hydroxyl groups is 3. The number of nitrogens with one attached hydrogen (secondary N) is 1. The third-order valence-electron chi connectivity index (χ3n) is 6.08. The number of halogens is 3. The monoisotopic (exact) mass is 678 g/mol. The molecule has 0 aliphatic heterocycles. The van der Waals surface area contributed by atoms with Crippen molar-refractivity contribution < 1.29 is 34.4 Å². The number of nitrogens with zero attached hydrogens (tertiary/aromatic N) is 1. The van der Waals surface area contributed by atoms with Crippen LogP contribution in [0.4, 0.5) is 0 Å². The van der Waals surface area contributed by atoms with Gasteiger partial charge in [-0.2, -0.15) is 0 Å². The van der Waals surface area contributed by atoms with Crippen LogP contribution in [0, 0.1) is 3.57 Å². The fourth-order valence-electron chi connectivity index (χ4n) is 4.19. The molecule has 2 aromatic rings. The van der Waals surface area contributed by atoms with Gasteiger partial charge >= 0.3 is 0 Å². The summed E-state index contributed by atoms with van der Waals surface area (Å²) >= 11 is 14.2. The third kappa shape index (κ3) is 7.30. The summed E-state index contributed by atoms with van der Waals surface area (Å²) < 4.78 is 12.3. The standard InChI is InChI=1S/C26H29Cl2IN2O7/c1-14(34)31(12-15-3-4-18(27)19(28)7-15)21-10-17(26(36)30-5-6-32)11-22(24(21)35)38-25-20(29)8-16(13-33)9-23(25)37-2/h3-4,7-9,11,21-22,24,32-33,35H,5-6,10,12-13H2,1-2H3,(H,30,36)/t21-,22+,24+/m1/s1. The van der Waals surface area contributed by atoms with Crippen LogP contribution in [0.2, 0.25) is 10.0 Å². The summed E-state index contributed by atoms with van der Waals surface area (Å²) in [4.78, 5) is 27.2. The highest BCUT2D eigenvalue weighted by Crippen LogP contribution is 2.37. The molecule has 12 heteroatoms. The minimum absolute atomic E-state index is 0.0446. The molecule has 2 amide bonds. The zero-order chi connectivity index (χ0) is 28.0. The van der Waals surface area contributed by atoms with Crippen LogP contribution in [-0.4, -0.2) is 70.5 Å². The number of hydrogen-bond acceptors (Lipinski definition) is 7. The van der Waals surface area contributed by atoms with E-state index >= 15 is 0 Å². The molecule has 0 unspecified atom stereocenters. The number of carbonyl (C=O) groups excluding carboxylic acids is 2. The topological polar surface area (TPSA) is 129 Å². The van der Waals surface area contributed by atoms with Gasteiger partial charge in [-0.3, -0.25) is 9.59 Å². The lowest BCUT2D eigenvalue weighted by molar-refractivity contribution is -0.137. The first-order valence-electron chi connectivity index (χ1n) is 11.7. The van der Waals surface area contributed by atoms with Crippen LogP contribution in [-0.2, 0) is 22.7 Å². The Kier molecular flexibility index (Phi) is 11.1. The van der Waals surface area contributed by atoms with Crippen molar-refractivity contribution in [2.45, 2.75) is 44.7 Å². The average molecular weight is 679 g/mol. The van der Waals surface area contributed by atoms with E-state index in [0.717, 1.165) is 0 Å². The number of hydrogen-bond donors (Lipinski definition) is 4. The number of carbonyl (C=O) groups is 2. The highest BCUT2D eigenvalue weighted by atomic mass is 127. The maximum absolute atomic E-state index is 12.9. The molecule has 0 bridgehead atoms. The smallest absolute Gasteiger partial charge is 0.247 e. The maximum Gasteiger partial charge on any atom is 0.247 e. The average Bonchev–Trinajstić information content (AvgIpc) is 2.89. The minimum atomic E-state index is -1.21. The summed E-state index contributed by atoms with van der Waals surface area (Å²) in [6.45, 7) is 1.09. The highest BCUT2D eigenvalue weighted by molar-refractivity contribution is 14.1. The molecule has 0 radical (unpaired) electrons. The van der Waals surface area contributed by atoms with Gasteiger partial charge in [0.15, 0.2) is 11.5 Å². The van der Waals surface area contributed by atoms with E-state index in [9.17, 15) is 19.8 Å². The van der Waals surface area contributed by atoms with Gasteiger partial charge in [0.05, 0.1) is 40.0 Å². The Balaban J connectivity index is 2.00.